The number of hydrogen-bond donors (Lipinski definition) is 1. The van der Waals surface area contributed by atoms with Gasteiger partial charge in [-0.25, -0.2) is 0 Å². The predicted molar refractivity (Wildman–Crippen MR) is 84.4 cm³/mol. The number of nitrogens with zero attached hydrogens (tertiary/aromatic N) is 2. The summed E-state index contributed by atoms with van der Waals surface area (Å²) in [6, 6.07) is 5.22. The molecule has 1 atom stereocenters. The highest BCUT2D eigenvalue weighted by Crippen LogP contribution is 2.31. The van der Waals surface area contributed by atoms with Gasteiger partial charge in [0.25, 0.3) is 0 Å². The van der Waals surface area contributed by atoms with E-state index in [9.17, 15) is 0 Å². The van der Waals surface area contributed by atoms with E-state index in [1.54, 1.807) is 0 Å². The number of rotatable bonds is 7. The fourth-order valence-corrected chi connectivity index (χ4v) is 3.27. The zero-order valence-corrected chi connectivity index (χ0v) is 13.0. The molecular weight excluding hydrogens is 246 g/mol. The van der Waals surface area contributed by atoms with Crippen LogP contribution in [0.5, 0.6) is 0 Å². The van der Waals surface area contributed by atoms with Gasteiger partial charge in [-0.05, 0) is 43.4 Å². The first kappa shape index (κ1) is 15.5. The van der Waals surface area contributed by atoms with Gasteiger partial charge in [0, 0.05) is 31.0 Å². The van der Waals surface area contributed by atoms with Crippen LogP contribution in [0.4, 0.5) is 0 Å². The molecule has 0 radical (unpaired) electrons. The van der Waals surface area contributed by atoms with Crippen LogP contribution in [-0.2, 0) is 0 Å². The van der Waals surface area contributed by atoms with Crippen LogP contribution in [0, 0.1) is 5.92 Å². The van der Waals surface area contributed by atoms with E-state index in [1.165, 1.54) is 37.7 Å². The summed E-state index contributed by atoms with van der Waals surface area (Å²) < 4.78 is 0. The smallest absolute Gasteiger partial charge is 0.0488 e. The monoisotopic (exact) mass is 275 g/mol. The molecule has 0 bridgehead atoms. The van der Waals surface area contributed by atoms with Crippen LogP contribution in [0.25, 0.3) is 0 Å². The highest BCUT2D eigenvalue weighted by atomic mass is 15.2. The van der Waals surface area contributed by atoms with Crippen LogP contribution >= 0.6 is 0 Å². The number of nitrogens with two attached hydrogens (primary N) is 1. The molecule has 1 saturated carbocycles. The summed E-state index contributed by atoms with van der Waals surface area (Å²) >= 11 is 0. The lowest BCUT2D eigenvalue weighted by Crippen LogP contribution is -2.41. The number of pyridine rings is 1. The molecule has 1 heterocycles. The lowest BCUT2D eigenvalue weighted by Gasteiger charge is -2.36. The quantitative estimate of drug-likeness (QED) is 0.829. The maximum atomic E-state index is 6.11. The van der Waals surface area contributed by atoms with Crippen LogP contribution in [0.15, 0.2) is 24.5 Å². The molecule has 0 amide bonds. The zero-order chi connectivity index (χ0) is 14.4. The van der Waals surface area contributed by atoms with Gasteiger partial charge >= 0.3 is 0 Å². The maximum absolute atomic E-state index is 6.11. The zero-order valence-electron chi connectivity index (χ0n) is 13.0. The summed E-state index contributed by atoms with van der Waals surface area (Å²) in [6.45, 7) is 6.43. The van der Waals surface area contributed by atoms with Gasteiger partial charge in [0.05, 0.1) is 0 Å². The van der Waals surface area contributed by atoms with Gasteiger partial charge in [0.2, 0.25) is 0 Å². The Morgan fingerprint density at radius 3 is 2.65 bits per heavy atom. The minimum Gasteiger partial charge on any atom is -0.329 e. The third kappa shape index (κ3) is 4.03. The largest absolute Gasteiger partial charge is 0.329 e. The van der Waals surface area contributed by atoms with Crippen LogP contribution in [-0.4, -0.2) is 29.0 Å². The Bertz CT molecular complexity index is 371. The molecule has 0 aliphatic heterocycles. The van der Waals surface area contributed by atoms with E-state index in [1.807, 2.05) is 18.5 Å². The predicted octanol–water partition coefficient (Wildman–Crippen LogP) is 3.37. The number of hydrogen-bond acceptors (Lipinski definition) is 3. The molecular formula is C17H29N3. The third-order valence-corrected chi connectivity index (χ3v) is 4.45. The second-order valence-corrected chi connectivity index (χ2v) is 6.40. The van der Waals surface area contributed by atoms with Crippen LogP contribution < -0.4 is 5.73 Å². The lowest BCUT2D eigenvalue weighted by molar-refractivity contribution is 0.130. The molecule has 2 rings (SSSR count). The van der Waals surface area contributed by atoms with Crippen LogP contribution in [0.1, 0.15) is 57.6 Å². The summed E-state index contributed by atoms with van der Waals surface area (Å²) in [5.41, 5.74) is 7.38. The van der Waals surface area contributed by atoms with Gasteiger partial charge in [-0.1, -0.05) is 32.8 Å². The summed E-state index contributed by atoms with van der Waals surface area (Å²) in [4.78, 5) is 6.93. The van der Waals surface area contributed by atoms with Gasteiger partial charge in [-0.3, -0.25) is 9.88 Å². The van der Waals surface area contributed by atoms with Gasteiger partial charge in [-0.2, -0.15) is 0 Å². The highest BCUT2D eigenvalue weighted by Gasteiger charge is 2.28. The van der Waals surface area contributed by atoms with E-state index in [2.05, 4.69) is 29.8 Å². The summed E-state index contributed by atoms with van der Waals surface area (Å²) in [7, 11) is 0. The molecule has 1 unspecified atom stereocenters. The Labute approximate surface area is 123 Å². The minimum atomic E-state index is 0.325. The lowest BCUT2D eigenvalue weighted by atomic mass is 10.0. The average molecular weight is 275 g/mol. The molecule has 1 aromatic heterocycles. The van der Waals surface area contributed by atoms with Gasteiger partial charge < -0.3 is 5.73 Å². The molecule has 0 spiro atoms. The fraction of sp³-hybridized carbons (Fsp3) is 0.706. The molecule has 1 aromatic rings. The maximum Gasteiger partial charge on any atom is 0.0488 e. The Morgan fingerprint density at radius 1 is 1.35 bits per heavy atom. The normalized spacial score (nSPS) is 18.1. The van der Waals surface area contributed by atoms with Crippen molar-refractivity contribution in [3.8, 4) is 0 Å². The minimum absolute atomic E-state index is 0.325. The second-order valence-electron chi connectivity index (χ2n) is 6.40. The number of aromatic nitrogens is 1. The van der Waals surface area contributed by atoms with Crippen molar-refractivity contribution < 1.29 is 0 Å². The first-order chi connectivity index (χ1) is 9.72. The van der Waals surface area contributed by atoms with Crippen molar-refractivity contribution in [1.82, 2.24) is 9.88 Å². The SMILES string of the molecule is CC(C)CCN(C1CCCC1)C(CN)c1cccnc1. The van der Waals surface area contributed by atoms with Crippen molar-refractivity contribution in [3.05, 3.63) is 30.1 Å². The first-order valence-electron chi connectivity index (χ1n) is 8.08. The van der Waals surface area contributed by atoms with E-state index in [4.69, 9.17) is 5.73 Å². The van der Waals surface area contributed by atoms with Gasteiger partial charge in [-0.15, -0.1) is 0 Å². The van der Waals surface area contributed by atoms with Crippen molar-refractivity contribution >= 4 is 0 Å². The molecule has 20 heavy (non-hydrogen) atoms. The van der Waals surface area contributed by atoms with Crippen LogP contribution in [0.2, 0.25) is 0 Å². The molecule has 1 fully saturated rings. The Hall–Kier alpha value is -0.930. The Morgan fingerprint density at radius 2 is 2.10 bits per heavy atom. The molecule has 1 aliphatic rings. The fourth-order valence-electron chi connectivity index (χ4n) is 3.27. The van der Waals surface area contributed by atoms with E-state index in [0.717, 1.165) is 12.5 Å². The molecule has 1 aliphatic carbocycles. The molecule has 112 valence electrons. The van der Waals surface area contributed by atoms with E-state index in [-0.39, 0.29) is 0 Å². The van der Waals surface area contributed by atoms with Crippen molar-refractivity contribution in [2.24, 2.45) is 11.7 Å². The van der Waals surface area contributed by atoms with Crippen LogP contribution in [0.3, 0.4) is 0 Å². The summed E-state index contributed by atoms with van der Waals surface area (Å²) in [5.74, 6) is 0.742. The molecule has 0 aromatic carbocycles. The van der Waals surface area contributed by atoms with Crippen molar-refractivity contribution in [2.45, 2.75) is 58.0 Å². The van der Waals surface area contributed by atoms with E-state index < -0.39 is 0 Å². The van der Waals surface area contributed by atoms with Crippen molar-refractivity contribution in [1.29, 1.82) is 0 Å². The third-order valence-electron chi connectivity index (χ3n) is 4.45. The second kappa shape index (κ2) is 7.75. The topological polar surface area (TPSA) is 42.1 Å². The first-order valence-corrected chi connectivity index (χ1v) is 8.08. The summed E-state index contributed by atoms with van der Waals surface area (Å²) in [5, 5.41) is 0. The molecule has 2 N–H and O–H groups in total. The summed E-state index contributed by atoms with van der Waals surface area (Å²) in [6.07, 6.45) is 10.5. The average Bonchev–Trinajstić information content (AvgIpc) is 2.98. The Kier molecular flexibility index (Phi) is 5.99. The standard InChI is InChI=1S/C17H29N3/c1-14(2)9-11-20(16-7-3-4-8-16)17(12-18)15-6-5-10-19-13-15/h5-6,10,13-14,16-17H,3-4,7-9,11-12,18H2,1-2H3. The highest BCUT2D eigenvalue weighted by molar-refractivity contribution is 5.15. The molecule has 0 saturated heterocycles. The molecule has 3 heteroatoms. The Balaban J connectivity index is 2.13. The molecule has 3 nitrogen and oxygen atoms in total. The van der Waals surface area contributed by atoms with Crippen molar-refractivity contribution in [3.63, 3.8) is 0 Å². The van der Waals surface area contributed by atoms with E-state index in [0.29, 0.717) is 18.6 Å². The van der Waals surface area contributed by atoms with Crippen molar-refractivity contribution in [2.75, 3.05) is 13.1 Å². The van der Waals surface area contributed by atoms with Gasteiger partial charge in [0.15, 0.2) is 0 Å². The van der Waals surface area contributed by atoms with Gasteiger partial charge in [0.1, 0.15) is 0 Å². The van der Waals surface area contributed by atoms with E-state index >= 15 is 0 Å².